The number of carbonyl (C=O) groups is 1. The largest absolute Gasteiger partial charge is 0.390 e. The van der Waals surface area contributed by atoms with Gasteiger partial charge in [-0.25, -0.2) is 8.93 Å². The Hall–Kier alpha value is -0.260. The molecule has 2 N–H and O–H groups in total. The van der Waals surface area contributed by atoms with Crippen molar-refractivity contribution >= 4 is 17.3 Å². The molecule has 0 amide bonds. The molecule has 0 aromatic rings. The fourth-order valence-electron chi connectivity index (χ4n) is 2.79. The molecule has 0 spiro atoms. The Bertz CT molecular complexity index is 368. The average Bonchev–Trinajstić information content (AvgIpc) is 2.50. The van der Waals surface area contributed by atoms with Gasteiger partial charge in [-0.15, -0.1) is 0 Å². The number of rotatable bonds is 14. The number of nitrogens with one attached hydrogen (secondary N) is 1. The van der Waals surface area contributed by atoms with Crippen molar-refractivity contribution in [2.45, 2.75) is 115 Å². The second-order valence-electron chi connectivity index (χ2n) is 7.92. The van der Waals surface area contributed by atoms with E-state index in [9.17, 15) is 14.1 Å². The molecule has 24 heavy (non-hydrogen) atoms. The molecule has 3 atom stereocenters. The van der Waals surface area contributed by atoms with Gasteiger partial charge in [0, 0.05) is 0 Å². The number of aliphatic hydroxyl groups is 1. The van der Waals surface area contributed by atoms with E-state index in [2.05, 4.69) is 18.6 Å². The van der Waals surface area contributed by atoms with Crippen molar-refractivity contribution in [3.8, 4) is 0 Å². The van der Waals surface area contributed by atoms with Crippen LogP contribution in [-0.4, -0.2) is 32.0 Å². The van der Waals surface area contributed by atoms with Gasteiger partial charge in [-0.05, 0) is 46.5 Å². The fraction of sp³-hybridized carbons (Fsp3) is 0.947. The van der Waals surface area contributed by atoms with Crippen molar-refractivity contribution in [3.63, 3.8) is 0 Å². The first-order chi connectivity index (χ1) is 11.2. The Balaban J connectivity index is 4.46. The van der Waals surface area contributed by atoms with Crippen LogP contribution in [0.5, 0.6) is 0 Å². The van der Waals surface area contributed by atoms with Gasteiger partial charge in [0.2, 0.25) is 0 Å². The highest BCUT2D eigenvalue weighted by Gasteiger charge is 2.28. The topological polar surface area (TPSA) is 66.4 Å². The SMILES string of the molecule is CCCCCCCC(O)(CCC)CC[C@@H](C=O)NS(=O)C(C)(C)C. The van der Waals surface area contributed by atoms with Gasteiger partial charge in [0.15, 0.2) is 0 Å². The van der Waals surface area contributed by atoms with Crippen molar-refractivity contribution < 1.29 is 14.1 Å². The van der Waals surface area contributed by atoms with Crippen molar-refractivity contribution in [2.75, 3.05) is 0 Å². The lowest BCUT2D eigenvalue weighted by Crippen LogP contribution is -2.42. The summed E-state index contributed by atoms with van der Waals surface area (Å²) < 4.78 is 14.6. The molecule has 0 aromatic carbocycles. The Morgan fingerprint density at radius 1 is 1.00 bits per heavy atom. The van der Waals surface area contributed by atoms with E-state index >= 15 is 0 Å². The first kappa shape index (κ1) is 23.7. The van der Waals surface area contributed by atoms with Gasteiger partial charge in [0.1, 0.15) is 6.29 Å². The molecule has 0 aromatic heterocycles. The summed E-state index contributed by atoms with van der Waals surface area (Å²) in [7, 11) is -1.27. The van der Waals surface area contributed by atoms with E-state index in [1.54, 1.807) is 0 Å². The van der Waals surface area contributed by atoms with E-state index < -0.39 is 27.4 Å². The summed E-state index contributed by atoms with van der Waals surface area (Å²) in [5, 5.41) is 10.9. The zero-order chi connectivity index (χ0) is 18.6. The van der Waals surface area contributed by atoms with Crippen LogP contribution in [-0.2, 0) is 15.8 Å². The smallest absolute Gasteiger partial charge is 0.137 e. The number of hydrogen-bond donors (Lipinski definition) is 2. The molecule has 0 fully saturated rings. The summed E-state index contributed by atoms with van der Waals surface area (Å²) in [6.45, 7) is 9.90. The monoisotopic (exact) mass is 361 g/mol. The molecule has 0 saturated carbocycles. The third kappa shape index (κ3) is 10.6. The molecule has 0 rings (SSSR count). The highest BCUT2D eigenvalue weighted by molar-refractivity contribution is 7.84. The van der Waals surface area contributed by atoms with Gasteiger partial charge >= 0.3 is 0 Å². The molecule has 4 nitrogen and oxygen atoms in total. The van der Waals surface area contributed by atoms with Crippen LogP contribution in [0.15, 0.2) is 0 Å². The average molecular weight is 362 g/mol. The van der Waals surface area contributed by atoms with Gasteiger partial charge in [0.25, 0.3) is 0 Å². The standard InChI is InChI=1S/C19H39NO3S/c1-6-8-9-10-11-14-19(22,13-7-2)15-12-17(16-21)20-24(23)18(3,4)5/h16-17,20,22H,6-15H2,1-5H3/t17-,19?,24?/m0/s1. The molecule has 144 valence electrons. The second kappa shape index (κ2) is 12.2. The molecule has 0 radical (unpaired) electrons. The Labute approximate surface area is 151 Å². The molecule has 0 heterocycles. The molecular weight excluding hydrogens is 322 g/mol. The number of unbranched alkanes of at least 4 members (excludes halogenated alkanes) is 4. The van der Waals surface area contributed by atoms with Crippen LogP contribution in [0.1, 0.15) is 98.8 Å². The lowest BCUT2D eigenvalue weighted by Gasteiger charge is -2.30. The van der Waals surface area contributed by atoms with Crippen molar-refractivity contribution in [1.29, 1.82) is 0 Å². The van der Waals surface area contributed by atoms with Crippen LogP contribution in [0.2, 0.25) is 0 Å². The molecule has 0 aliphatic rings. The van der Waals surface area contributed by atoms with Crippen LogP contribution in [0, 0.1) is 0 Å². The number of aldehydes is 1. The molecular formula is C19H39NO3S. The maximum atomic E-state index is 12.1. The third-order valence-corrected chi connectivity index (χ3v) is 5.99. The quantitative estimate of drug-likeness (QED) is 0.358. The van der Waals surface area contributed by atoms with Crippen LogP contribution in [0.25, 0.3) is 0 Å². The Kier molecular flexibility index (Phi) is 12.0. The molecule has 0 aliphatic heterocycles. The lowest BCUT2D eigenvalue weighted by atomic mass is 9.86. The van der Waals surface area contributed by atoms with E-state index in [1.165, 1.54) is 19.3 Å². The van der Waals surface area contributed by atoms with Crippen molar-refractivity contribution in [2.24, 2.45) is 0 Å². The van der Waals surface area contributed by atoms with Gasteiger partial charge in [-0.2, -0.15) is 0 Å². The molecule has 2 unspecified atom stereocenters. The van der Waals surface area contributed by atoms with Crippen molar-refractivity contribution in [3.05, 3.63) is 0 Å². The minimum absolute atomic E-state index is 0.403. The van der Waals surface area contributed by atoms with E-state index in [0.717, 1.165) is 38.4 Å². The van der Waals surface area contributed by atoms with Crippen molar-refractivity contribution in [1.82, 2.24) is 4.72 Å². The maximum absolute atomic E-state index is 12.1. The van der Waals surface area contributed by atoms with E-state index in [1.807, 2.05) is 20.8 Å². The zero-order valence-corrected chi connectivity index (χ0v) is 17.2. The zero-order valence-electron chi connectivity index (χ0n) is 16.4. The van der Waals surface area contributed by atoms with Crippen LogP contribution in [0.3, 0.4) is 0 Å². The van der Waals surface area contributed by atoms with Gasteiger partial charge in [0.05, 0.1) is 27.4 Å². The third-order valence-electron chi connectivity index (χ3n) is 4.36. The van der Waals surface area contributed by atoms with Gasteiger partial charge < -0.3 is 9.90 Å². The maximum Gasteiger partial charge on any atom is 0.137 e. The normalized spacial score (nSPS) is 17.2. The van der Waals surface area contributed by atoms with Gasteiger partial charge in [-0.1, -0.05) is 52.4 Å². The van der Waals surface area contributed by atoms with Crippen LogP contribution >= 0.6 is 0 Å². The molecule has 0 aliphatic carbocycles. The lowest BCUT2D eigenvalue weighted by molar-refractivity contribution is -0.109. The number of hydrogen-bond acceptors (Lipinski definition) is 3. The first-order valence-electron chi connectivity index (χ1n) is 9.54. The summed E-state index contributed by atoms with van der Waals surface area (Å²) in [5.74, 6) is 0. The summed E-state index contributed by atoms with van der Waals surface area (Å²) in [6, 6.07) is -0.464. The molecule has 5 heteroatoms. The summed E-state index contributed by atoms with van der Waals surface area (Å²) in [5.41, 5.74) is -0.701. The summed E-state index contributed by atoms with van der Waals surface area (Å²) >= 11 is 0. The van der Waals surface area contributed by atoms with Gasteiger partial charge in [-0.3, -0.25) is 0 Å². The molecule has 0 saturated heterocycles. The predicted octanol–water partition coefficient (Wildman–Crippen LogP) is 4.28. The Morgan fingerprint density at radius 2 is 1.62 bits per heavy atom. The number of carbonyl (C=O) groups excluding carboxylic acids is 1. The minimum atomic E-state index is -1.27. The summed E-state index contributed by atoms with van der Waals surface area (Å²) in [4.78, 5) is 11.3. The fourth-order valence-corrected chi connectivity index (χ4v) is 3.59. The van der Waals surface area contributed by atoms with Crippen LogP contribution < -0.4 is 4.72 Å². The van der Waals surface area contributed by atoms with E-state index in [0.29, 0.717) is 12.8 Å². The van der Waals surface area contributed by atoms with Crippen LogP contribution in [0.4, 0.5) is 0 Å². The van der Waals surface area contributed by atoms with E-state index in [-0.39, 0.29) is 0 Å². The highest BCUT2D eigenvalue weighted by Crippen LogP contribution is 2.27. The summed E-state index contributed by atoms with van der Waals surface area (Å²) in [6.07, 6.45) is 10.3. The predicted molar refractivity (Wildman–Crippen MR) is 103 cm³/mol. The second-order valence-corrected chi connectivity index (χ2v) is 9.92. The molecule has 0 bridgehead atoms. The minimum Gasteiger partial charge on any atom is -0.390 e. The highest BCUT2D eigenvalue weighted by atomic mass is 32.2. The first-order valence-corrected chi connectivity index (χ1v) is 10.7. The Morgan fingerprint density at radius 3 is 2.12 bits per heavy atom. The van der Waals surface area contributed by atoms with E-state index in [4.69, 9.17) is 0 Å².